The zero-order chi connectivity index (χ0) is 21.6. The number of hydrogen-bond acceptors (Lipinski definition) is 5. The van der Waals surface area contributed by atoms with Crippen molar-refractivity contribution in [3.05, 3.63) is 89.5 Å². The average Bonchev–Trinajstić information content (AvgIpc) is 3.42. The standard InChI is InChI=1S/C22H20ClN5O3/c1-30-19-5-7-20(8-6-19)31-15-27-10-9-21(26-27)22(29)25-18-12-24-28(14-18)13-16-3-2-4-17(23)11-16/h2-12,14H,13,15H2,1H3,(H,25,29). The molecule has 0 atom stereocenters. The lowest BCUT2D eigenvalue weighted by Crippen LogP contribution is -2.14. The third kappa shape index (κ3) is 5.43. The molecule has 0 aliphatic carbocycles. The second-order valence-corrected chi connectivity index (χ2v) is 7.14. The molecule has 31 heavy (non-hydrogen) atoms. The number of hydrogen-bond donors (Lipinski definition) is 1. The molecule has 9 heteroatoms. The van der Waals surface area contributed by atoms with Crippen molar-refractivity contribution in [3.63, 3.8) is 0 Å². The number of anilines is 1. The molecule has 2 aromatic carbocycles. The Hall–Kier alpha value is -3.78. The Kier molecular flexibility index (Phi) is 6.18. The molecule has 2 heterocycles. The highest BCUT2D eigenvalue weighted by molar-refractivity contribution is 6.30. The minimum absolute atomic E-state index is 0.178. The van der Waals surface area contributed by atoms with Crippen LogP contribution in [0.4, 0.5) is 5.69 Å². The molecule has 0 saturated carbocycles. The van der Waals surface area contributed by atoms with Crippen LogP contribution in [0, 0.1) is 0 Å². The molecule has 0 bridgehead atoms. The van der Waals surface area contributed by atoms with Gasteiger partial charge in [0.1, 0.15) is 11.5 Å². The SMILES string of the molecule is COc1ccc(OCn2ccc(C(=O)Nc3cnn(Cc4cccc(Cl)c4)c3)n2)cc1. The number of nitrogens with one attached hydrogen (secondary N) is 1. The molecule has 1 amide bonds. The number of carbonyl (C=O) groups is 1. The number of benzene rings is 2. The van der Waals surface area contributed by atoms with E-state index in [9.17, 15) is 4.79 Å². The molecule has 4 rings (SSSR count). The second-order valence-electron chi connectivity index (χ2n) is 6.70. The molecular formula is C22H20ClN5O3. The zero-order valence-electron chi connectivity index (χ0n) is 16.7. The van der Waals surface area contributed by atoms with Gasteiger partial charge in [-0.15, -0.1) is 0 Å². The number of halogens is 1. The summed E-state index contributed by atoms with van der Waals surface area (Å²) >= 11 is 6.01. The van der Waals surface area contributed by atoms with E-state index in [0.29, 0.717) is 23.0 Å². The van der Waals surface area contributed by atoms with Crippen LogP contribution in [-0.4, -0.2) is 32.6 Å². The summed E-state index contributed by atoms with van der Waals surface area (Å²) in [7, 11) is 1.61. The van der Waals surface area contributed by atoms with Gasteiger partial charge in [0.2, 0.25) is 0 Å². The highest BCUT2D eigenvalue weighted by Gasteiger charge is 2.11. The van der Waals surface area contributed by atoms with E-state index in [4.69, 9.17) is 21.1 Å². The molecule has 0 unspecified atom stereocenters. The number of ether oxygens (including phenoxy) is 2. The van der Waals surface area contributed by atoms with Crippen LogP contribution in [0.15, 0.2) is 73.2 Å². The first-order valence-electron chi connectivity index (χ1n) is 9.47. The summed E-state index contributed by atoms with van der Waals surface area (Å²) in [5.74, 6) is 1.10. The molecule has 158 valence electrons. The smallest absolute Gasteiger partial charge is 0.276 e. The highest BCUT2D eigenvalue weighted by Crippen LogP contribution is 2.17. The maximum atomic E-state index is 12.5. The van der Waals surface area contributed by atoms with Crippen LogP contribution in [-0.2, 0) is 13.3 Å². The highest BCUT2D eigenvalue weighted by atomic mass is 35.5. The molecule has 0 saturated heterocycles. The van der Waals surface area contributed by atoms with Crippen molar-refractivity contribution in [1.82, 2.24) is 19.6 Å². The molecule has 4 aromatic rings. The van der Waals surface area contributed by atoms with Gasteiger partial charge in [-0.25, -0.2) is 4.68 Å². The van der Waals surface area contributed by atoms with Gasteiger partial charge in [0.15, 0.2) is 12.4 Å². The van der Waals surface area contributed by atoms with Crippen LogP contribution in [0.3, 0.4) is 0 Å². The molecule has 2 aromatic heterocycles. The average molecular weight is 438 g/mol. The van der Waals surface area contributed by atoms with Crippen molar-refractivity contribution in [2.24, 2.45) is 0 Å². The van der Waals surface area contributed by atoms with Crippen LogP contribution in [0.5, 0.6) is 11.5 Å². The maximum absolute atomic E-state index is 12.5. The largest absolute Gasteiger partial charge is 0.497 e. The van der Waals surface area contributed by atoms with Gasteiger partial charge in [-0.2, -0.15) is 10.2 Å². The van der Waals surface area contributed by atoms with Crippen molar-refractivity contribution in [1.29, 1.82) is 0 Å². The Morgan fingerprint density at radius 1 is 1.10 bits per heavy atom. The van der Waals surface area contributed by atoms with Crippen LogP contribution >= 0.6 is 11.6 Å². The van der Waals surface area contributed by atoms with Gasteiger partial charge < -0.3 is 14.8 Å². The first-order valence-corrected chi connectivity index (χ1v) is 9.85. The fourth-order valence-electron chi connectivity index (χ4n) is 2.90. The van der Waals surface area contributed by atoms with Gasteiger partial charge in [0.25, 0.3) is 5.91 Å². The van der Waals surface area contributed by atoms with Gasteiger partial charge >= 0.3 is 0 Å². The second kappa shape index (κ2) is 9.36. The summed E-state index contributed by atoms with van der Waals surface area (Å²) in [6.45, 7) is 0.727. The lowest BCUT2D eigenvalue weighted by molar-refractivity contribution is 0.102. The first kappa shape index (κ1) is 20.5. The predicted molar refractivity (Wildman–Crippen MR) is 117 cm³/mol. The molecule has 0 aliphatic heterocycles. The molecule has 0 fully saturated rings. The van der Waals surface area contributed by atoms with Crippen molar-refractivity contribution in [3.8, 4) is 11.5 Å². The topological polar surface area (TPSA) is 83.2 Å². The van der Waals surface area contributed by atoms with Gasteiger partial charge in [0.05, 0.1) is 25.5 Å². The van der Waals surface area contributed by atoms with Crippen molar-refractivity contribution in [2.75, 3.05) is 12.4 Å². The molecule has 8 nitrogen and oxygen atoms in total. The van der Waals surface area contributed by atoms with Crippen LogP contribution < -0.4 is 14.8 Å². The fraction of sp³-hybridized carbons (Fsp3) is 0.136. The Labute approximate surface area is 184 Å². The Morgan fingerprint density at radius 2 is 1.90 bits per heavy atom. The van der Waals surface area contributed by atoms with Crippen LogP contribution in [0.1, 0.15) is 16.1 Å². The Bertz CT molecular complexity index is 1170. The normalized spacial score (nSPS) is 10.6. The molecule has 0 radical (unpaired) electrons. The van der Waals surface area contributed by atoms with Gasteiger partial charge in [-0.3, -0.25) is 9.48 Å². The van der Waals surface area contributed by atoms with Crippen molar-refractivity contribution < 1.29 is 14.3 Å². The number of nitrogens with zero attached hydrogens (tertiary/aromatic N) is 4. The van der Waals surface area contributed by atoms with Gasteiger partial charge in [-0.05, 0) is 48.0 Å². The van der Waals surface area contributed by atoms with E-state index >= 15 is 0 Å². The summed E-state index contributed by atoms with van der Waals surface area (Å²) < 4.78 is 14.0. The van der Waals surface area contributed by atoms with Crippen molar-refractivity contribution >= 4 is 23.2 Å². The maximum Gasteiger partial charge on any atom is 0.276 e. The van der Waals surface area contributed by atoms with E-state index in [-0.39, 0.29) is 18.3 Å². The third-order valence-corrected chi connectivity index (χ3v) is 4.66. The predicted octanol–water partition coefficient (Wildman–Crippen LogP) is 4.08. The van der Waals surface area contributed by atoms with Gasteiger partial charge in [0, 0.05) is 17.4 Å². The van der Waals surface area contributed by atoms with E-state index in [1.165, 1.54) is 0 Å². The molecule has 0 aliphatic rings. The summed E-state index contributed by atoms with van der Waals surface area (Å²) in [5, 5.41) is 12.0. The van der Waals surface area contributed by atoms with E-state index in [0.717, 1.165) is 11.3 Å². The number of carbonyl (C=O) groups excluding carboxylic acids is 1. The third-order valence-electron chi connectivity index (χ3n) is 4.42. The molecular weight excluding hydrogens is 418 g/mol. The summed E-state index contributed by atoms with van der Waals surface area (Å²) in [4.78, 5) is 12.5. The molecule has 1 N–H and O–H groups in total. The number of methoxy groups -OCH3 is 1. The lowest BCUT2D eigenvalue weighted by Gasteiger charge is -2.07. The fourth-order valence-corrected chi connectivity index (χ4v) is 3.11. The van der Waals surface area contributed by atoms with E-state index in [1.807, 2.05) is 36.4 Å². The van der Waals surface area contributed by atoms with E-state index in [2.05, 4.69) is 15.5 Å². The Morgan fingerprint density at radius 3 is 2.68 bits per heavy atom. The van der Waals surface area contributed by atoms with Crippen molar-refractivity contribution in [2.45, 2.75) is 13.3 Å². The number of amides is 1. The van der Waals surface area contributed by atoms with Gasteiger partial charge in [-0.1, -0.05) is 23.7 Å². The number of aromatic nitrogens is 4. The number of rotatable bonds is 8. The quantitative estimate of drug-likeness (QED) is 0.449. The summed E-state index contributed by atoms with van der Waals surface area (Å²) in [6, 6.07) is 16.4. The monoisotopic (exact) mass is 437 g/mol. The van der Waals surface area contributed by atoms with E-state index < -0.39 is 0 Å². The zero-order valence-corrected chi connectivity index (χ0v) is 17.5. The first-order chi connectivity index (χ1) is 15.1. The van der Waals surface area contributed by atoms with Crippen LogP contribution in [0.25, 0.3) is 0 Å². The molecule has 0 spiro atoms. The lowest BCUT2D eigenvalue weighted by atomic mass is 10.2. The minimum Gasteiger partial charge on any atom is -0.497 e. The minimum atomic E-state index is -0.328. The summed E-state index contributed by atoms with van der Waals surface area (Å²) in [5.41, 5.74) is 1.88. The Balaban J connectivity index is 1.32. The van der Waals surface area contributed by atoms with Crippen LogP contribution in [0.2, 0.25) is 5.02 Å². The summed E-state index contributed by atoms with van der Waals surface area (Å²) in [6.07, 6.45) is 5.02. The van der Waals surface area contributed by atoms with E-state index in [1.54, 1.807) is 53.3 Å².